The van der Waals surface area contributed by atoms with Crippen LogP contribution in [-0.2, 0) is 0 Å². The van der Waals surface area contributed by atoms with Crippen molar-refractivity contribution in [2.75, 3.05) is 10.6 Å². The summed E-state index contributed by atoms with van der Waals surface area (Å²) in [5.74, 6) is -0.429. The van der Waals surface area contributed by atoms with Crippen molar-refractivity contribution in [1.82, 2.24) is 0 Å². The molecule has 0 saturated carbocycles. The molecule has 0 heterocycles. The fourth-order valence-corrected chi connectivity index (χ4v) is 3.19. The molecular formula is C25H21ClF3N3O2. The summed E-state index contributed by atoms with van der Waals surface area (Å²) in [6.45, 7) is 1.61. The maximum Gasteiger partial charge on any atom is 0.432 e. The highest BCUT2D eigenvalue weighted by atomic mass is 35.5. The van der Waals surface area contributed by atoms with Crippen molar-refractivity contribution in [2.45, 2.75) is 19.2 Å². The van der Waals surface area contributed by atoms with Crippen molar-refractivity contribution in [3.05, 3.63) is 101 Å². The van der Waals surface area contributed by atoms with E-state index in [-0.39, 0.29) is 11.3 Å². The number of amides is 1. The number of aliphatic hydroxyl groups excluding tert-OH is 1. The van der Waals surface area contributed by atoms with E-state index in [4.69, 9.17) is 17.0 Å². The molecule has 0 aromatic heterocycles. The van der Waals surface area contributed by atoms with Gasteiger partial charge in [-0.3, -0.25) is 10.2 Å². The number of alkyl halides is 3. The summed E-state index contributed by atoms with van der Waals surface area (Å²) in [6.07, 6.45) is -4.85. The molecule has 4 N–H and O–H groups in total. The molecule has 0 aliphatic carbocycles. The van der Waals surface area contributed by atoms with Gasteiger partial charge >= 0.3 is 6.18 Å². The third-order valence-electron chi connectivity index (χ3n) is 4.82. The molecular weight excluding hydrogens is 467 g/mol. The largest absolute Gasteiger partial charge is 0.432 e. The monoisotopic (exact) mass is 487 g/mol. The second-order valence-corrected chi connectivity index (χ2v) is 7.81. The van der Waals surface area contributed by atoms with Crippen LogP contribution in [-0.4, -0.2) is 22.9 Å². The Morgan fingerprint density at radius 1 is 1.00 bits per heavy atom. The summed E-state index contributed by atoms with van der Waals surface area (Å²) in [7, 11) is 0. The molecule has 0 fully saturated rings. The molecule has 3 aromatic carbocycles. The minimum absolute atomic E-state index is 0.00739. The minimum atomic E-state index is -4.83. The number of halogens is 4. The van der Waals surface area contributed by atoms with Crippen LogP contribution in [0.1, 0.15) is 34.5 Å². The van der Waals surface area contributed by atoms with Crippen molar-refractivity contribution < 1.29 is 23.1 Å². The molecule has 0 saturated heterocycles. The maximum absolute atomic E-state index is 13.0. The standard InChI is InChI=1S/C25H21ClF3N3O2/c1-15(33)18-5-4-6-19(13-18)31-24(34)17-11-9-16(10-12-17)22(14-23(30)25(27,28)29)32-21-8-3-2-7-20(21)26/h2-15,30,32-33H,1H3,(H,31,34)/b22-14-,30-23?. The van der Waals surface area contributed by atoms with Gasteiger partial charge < -0.3 is 15.7 Å². The summed E-state index contributed by atoms with van der Waals surface area (Å²) in [5, 5.41) is 22.9. The summed E-state index contributed by atoms with van der Waals surface area (Å²) >= 11 is 6.12. The molecule has 0 aliphatic heterocycles. The lowest BCUT2D eigenvalue weighted by Gasteiger charge is -2.15. The summed E-state index contributed by atoms with van der Waals surface area (Å²) in [5.41, 5.74) is 0.544. The van der Waals surface area contributed by atoms with Crippen molar-refractivity contribution in [1.29, 1.82) is 5.41 Å². The van der Waals surface area contributed by atoms with Crippen molar-refractivity contribution in [3.63, 3.8) is 0 Å². The van der Waals surface area contributed by atoms with Gasteiger partial charge in [0.2, 0.25) is 0 Å². The number of benzene rings is 3. The molecule has 176 valence electrons. The van der Waals surface area contributed by atoms with Crippen molar-refractivity contribution >= 4 is 40.3 Å². The number of rotatable bonds is 7. The van der Waals surface area contributed by atoms with Gasteiger partial charge in [-0.1, -0.05) is 48.0 Å². The fourth-order valence-electron chi connectivity index (χ4n) is 3.01. The highest BCUT2D eigenvalue weighted by Crippen LogP contribution is 2.28. The number of carbonyl (C=O) groups excluding carboxylic acids is 1. The molecule has 9 heteroatoms. The first-order chi connectivity index (χ1) is 16.0. The lowest BCUT2D eigenvalue weighted by molar-refractivity contribution is -0.0583. The van der Waals surface area contributed by atoms with Gasteiger partial charge in [-0.05, 0) is 60.5 Å². The van der Waals surface area contributed by atoms with Crippen molar-refractivity contribution in [2.24, 2.45) is 0 Å². The van der Waals surface area contributed by atoms with E-state index in [0.29, 0.717) is 33.6 Å². The number of anilines is 2. The zero-order valence-electron chi connectivity index (χ0n) is 18.0. The summed E-state index contributed by atoms with van der Waals surface area (Å²) in [6, 6.07) is 19.1. The number of allylic oxidation sites excluding steroid dienone is 1. The first-order valence-corrected chi connectivity index (χ1v) is 10.5. The van der Waals surface area contributed by atoms with Crippen LogP contribution in [0.15, 0.2) is 78.9 Å². The third-order valence-corrected chi connectivity index (χ3v) is 5.15. The molecule has 1 atom stereocenters. The zero-order chi connectivity index (χ0) is 24.9. The Kier molecular flexibility index (Phi) is 7.75. The van der Waals surface area contributed by atoms with E-state index in [1.54, 1.807) is 55.5 Å². The van der Waals surface area contributed by atoms with Gasteiger partial charge in [-0.15, -0.1) is 0 Å². The van der Waals surface area contributed by atoms with Crippen LogP contribution in [0.4, 0.5) is 24.5 Å². The van der Waals surface area contributed by atoms with E-state index in [0.717, 1.165) is 0 Å². The van der Waals surface area contributed by atoms with Crippen molar-refractivity contribution in [3.8, 4) is 0 Å². The quantitative estimate of drug-likeness (QED) is 0.280. The number of carbonyl (C=O) groups is 1. The Labute approximate surface area is 199 Å². The van der Waals surface area contributed by atoms with Crippen LogP contribution in [0.5, 0.6) is 0 Å². The number of aliphatic hydroxyl groups is 1. The second-order valence-electron chi connectivity index (χ2n) is 7.41. The van der Waals surface area contributed by atoms with Crippen LogP contribution in [0.3, 0.4) is 0 Å². The molecule has 1 unspecified atom stereocenters. The first-order valence-electron chi connectivity index (χ1n) is 10.1. The molecule has 0 spiro atoms. The SMILES string of the molecule is CC(O)c1cccc(NC(=O)c2ccc(/C(=C/C(=N)C(F)(F)F)Nc3ccccc3Cl)cc2)c1. The molecule has 0 radical (unpaired) electrons. The minimum Gasteiger partial charge on any atom is -0.389 e. The van der Waals surface area contributed by atoms with Gasteiger partial charge in [0.05, 0.1) is 16.8 Å². The predicted octanol–water partition coefficient (Wildman–Crippen LogP) is 6.68. The Bertz CT molecular complexity index is 1220. The molecule has 3 rings (SSSR count). The molecule has 3 aromatic rings. The molecule has 5 nitrogen and oxygen atoms in total. The number of hydrogen-bond donors (Lipinski definition) is 4. The van der Waals surface area contributed by atoms with E-state index < -0.39 is 23.9 Å². The molecule has 34 heavy (non-hydrogen) atoms. The topological polar surface area (TPSA) is 85.2 Å². The predicted molar refractivity (Wildman–Crippen MR) is 128 cm³/mol. The van der Waals surface area contributed by atoms with Crippen LogP contribution in [0, 0.1) is 5.41 Å². The Morgan fingerprint density at radius 2 is 1.65 bits per heavy atom. The zero-order valence-corrected chi connectivity index (χ0v) is 18.7. The van der Waals surface area contributed by atoms with E-state index in [2.05, 4.69) is 10.6 Å². The van der Waals surface area contributed by atoms with Gasteiger partial charge in [-0.2, -0.15) is 13.2 Å². The molecule has 1 amide bonds. The summed E-state index contributed by atoms with van der Waals surface area (Å²) in [4.78, 5) is 12.6. The lowest BCUT2D eigenvalue weighted by atomic mass is 10.1. The maximum atomic E-state index is 13.0. The summed E-state index contributed by atoms with van der Waals surface area (Å²) < 4.78 is 39.0. The van der Waals surface area contributed by atoms with E-state index >= 15 is 0 Å². The van der Waals surface area contributed by atoms with Crippen LogP contribution in [0.2, 0.25) is 5.02 Å². The second kappa shape index (κ2) is 10.5. The van der Waals surface area contributed by atoms with Crippen LogP contribution in [0.25, 0.3) is 5.70 Å². The van der Waals surface area contributed by atoms with E-state index in [1.165, 1.54) is 24.3 Å². The third kappa shape index (κ3) is 6.46. The lowest BCUT2D eigenvalue weighted by Crippen LogP contribution is -2.20. The van der Waals surface area contributed by atoms with Crippen LogP contribution >= 0.6 is 11.6 Å². The number of para-hydroxylation sites is 1. The van der Waals surface area contributed by atoms with Gasteiger partial charge in [0.15, 0.2) is 0 Å². The normalized spacial score (nSPS) is 12.7. The molecule has 0 aliphatic rings. The van der Waals surface area contributed by atoms with Gasteiger partial charge in [0, 0.05) is 16.9 Å². The Hall–Kier alpha value is -3.62. The highest BCUT2D eigenvalue weighted by Gasteiger charge is 2.33. The Morgan fingerprint density at radius 3 is 2.26 bits per heavy atom. The van der Waals surface area contributed by atoms with Crippen LogP contribution < -0.4 is 10.6 Å². The average Bonchev–Trinajstić information content (AvgIpc) is 2.79. The number of nitrogens with one attached hydrogen (secondary N) is 3. The molecule has 0 bridgehead atoms. The first kappa shape index (κ1) is 25.0. The van der Waals surface area contributed by atoms with Gasteiger partial charge in [0.1, 0.15) is 5.71 Å². The highest BCUT2D eigenvalue weighted by molar-refractivity contribution is 6.33. The Balaban J connectivity index is 1.86. The smallest absolute Gasteiger partial charge is 0.389 e. The van der Waals surface area contributed by atoms with Gasteiger partial charge in [-0.25, -0.2) is 0 Å². The average molecular weight is 488 g/mol. The fraction of sp³-hybridized carbons (Fsp3) is 0.120. The van der Waals surface area contributed by atoms with E-state index in [9.17, 15) is 23.1 Å². The number of hydrogen-bond acceptors (Lipinski definition) is 4. The van der Waals surface area contributed by atoms with E-state index in [1.807, 2.05) is 0 Å². The van der Waals surface area contributed by atoms with Gasteiger partial charge in [0.25, 0.3) is 5.91 Å².